The molecule has 19 heavy (non-hydrogen) atoms. The van der Waals surface area contributed by atoms with Crippen molar-refractivity contribution in [1.82, 2.24) is 10.2 Å². The van der Waals surface area contributed by atoms with E-state index in [9.17, 15) is 0 Å². The number of nitrogens with one attached hydrogen (secondary N) is 1. The first-order chi connectivity index (χ1) is 9.11. The minimum Gasteiger partial charge on any atom is -0.379 e. The summed E-state index contributed by atoms with van der Waals surface area (Å²) in [6.45, 7) is 11.5. The normalized spacial score (nSPS) is 18.5. The summed E-state index contributed by atoms with van der Waals surface area (Å²) in [5, 5.41) is 3.48. The molecule has 1 aliphatic rings. The van der Waals surface area contributed by atoms with Crippen LogP contribution in [-0.4, -0.2) is 44.8 Å². The summed E-state index contributed by atoms with van der Waals surface area (Å²) >= 11 is 0. The Morgan fingerprint density at radius 2 is 1.74 bits per heavy atom. The number of nitrogens with zero attached hydrogens (tertiary/aromatic N) is 1. The summed E-state index contributed by atoms with van der Waals surface area (Å²) in [5.74, 6) is 0. The number of benzene rings is 1. The smallest absolute Gasteiger partial charge is 0.0594 e. The molecule has 0 saturated carbocycles. The average Bonchev–Trinajstić information content (AvgIpc) is 2.37. The summed E-state index contributed by atoms with van der Waals surface area (Å²) in [5.41, 5.74) is 5.59. The van der Waals surface area contributed by atoms with Crippen molar-refractivity contribution in [2.45, 2.75) is 26.8 Å². The van der Waals surface area contributed by atoms with Crippen LogP contribution in [0.2, 0.25) is 0 Å². The van der Waals surface area contributed by atoms with Crippen LogP contribution >= 0.6 is 0 Å². The van der Waals surface area contributed by atoms with E-state index in [1.807, 2.05) is 0 Å². The third kappa shape index (κ3) is 3.56. The molecule has 0 bridgehead atoms. The van der Waals surface area contributed by atoms with E-state index in [0.717, 1.165) is 32.8 Å². The fourth-order valence-corrected chi connectivity index (χ4v) is 3.11. The van der Waals surface area contributed by atoms with Gasteiger partial charge < -0.3 is 10.1 Å². The van der Waals surface area contributed by atoms with Gasteiger partial charge in [0.15, 0.2) is 0 Å². The van der Waals surface area contributed by atoms with Crippen LogP contribution in [-0.2, 0) is 4.74 Å². The lowest BCUT2D eigenvalue weighted by Crippen LogP contribution is -2.41. The second-order valence-electron chi connectivity index (χ2n) is 5.57. The highest BCUT2D eigenvalue weighted by Gasteiger charge is 2.19. The Kier molecular flexibility index (Phi) is 4.97. The van der Waals surface area contributed by atoms with E-state index in [2.05, 4.69) is 50.2 Å². The molecule has 2 rings (SSSR count). The van der Waals surface area contributed by atoms with Gasteiger partial charge in [-0.2, -0.15) is 0 Å². The first kappa shape index (κ1) is 14.5. The standard InChI is InChI=1S/C16H26N2O/c1-12-9-13(2)16(14(3)10-12)15(17-4)11-18-5-7-19-8-6-18/h9-10,15,17H,5-8,11H2,1-4H3. The maximum absolute atomic E-state index is 5.42. The highest BCUT2D eigenvalue weighted by molar-refractivity contribution is 5.39. The second kappa shape index (κ2) is 6.51. The van der Waals surface area contributed by atoms with E-state index in [-0.39, 0.29) is 0 Å². The SMILES string of the molecule is CNC(CN1CCOCC1)c1c(C)cc(C)cc1C. The Balaban J connectivity index is 2.16. The van der Waals surface area contributed by atoms with Crippen molar-refractivity contribution < 1.29 is 4.74 Å². The number of rotatable bonds is 4. The molecule has 0 aliphatic carbocycles. The molecule has 0 radical (unpaired) electrons. The minimum atomic E-state index is 0.402. The summed E-state index contributed by atoms with van der Waals surface area (Å²) in [6, 6.07) is 4.97. The molecular weight excluding hydrogens is 236 g/mol. The molecule has 106 valence electrons. The fourth-order valence-electron chi connectivity index (χ4n) is 3.11. The Morgan fingerprint density at radius 3 is 2.26 bits per heavy atom. The van der Waals surface area contributed by atoms with Crippen molar-refractivity contribution in [3.8, 4) is 0 Å². The van der Waals surface area contributed by atoms with Gasteiger partial charge in [-0.1, -0.05) is 17.7 Å². The Bertz CT molecular complexity index is 402. The molecule has 1 aliphatic heterocycles. The van der Waals surface area contributed by atoms with Crippen molar-refractivity contribution in [3.05, 3.63) is 34.4 Å². The van der Waals surface area contributed by atoms with E-state index in [1.54, 1.807) is 0 Å². The highest BCUT2D eigenvalue weighted by atomic mass is 16.5. The van der Waals surface area contributed by atoms with Crippen LogP contribution in [0.4, 0.5) is 0 Å². The zero-order chi connectivity index (χ0) is 13.8. The third-order valence-corrected chi connectivity index (χ3v) is 3.98. The highest BCUT2D eigenvalue weighted by Crippen LogP contribution is 2.24. The summed E-state index contributed by atoms with van der Waals surface area (Å²) < 4.78 is 5.42. The Hall–Kier alpha value is -0.900. The van der Waals surface area contributed by atoms with E-state index in [1.165, 1.54) is 22.3 Å². The number of hydrogen-bond donors (Lipinski definition) is 1. The molecule has 1 aromatic carbocycles. The number of hydrogen-bond acceptors (Lipinski definition) is 3. The molecule has 1 fully saturated rings. The maximum Gasteiger partial charge on any atom is 0.0594 e. The number of aryl methyl sites for hydroxylation is 3. The molecule has 0 aromatic heterocycles. The number of ether oxygens (including phenoxy) is 1. The van der Waals surface area contributed by atoms with Crippen LogP contribution in [0, 0.1) is 20.8 Å². The van der Waals surface area contributed by atoms with Crippen LogP contribution in [0.5, 0.6) is 0 Å². The van der Waals surface area contributed by atoms with Gasteiger partial charge in [0.1, 0.15) is 0 Å². The topological polar surface area (TPSA) is 24.5 Å². The molecule has 0 spiro atoms. The van der Waals surface area contributed by atoms with Crippen LogP contribution in [0.25, 0.3) is 0 Å². The quantitative estimate of drug-likeness (QED) is 0.900. The lowest BCUT2D eigenvalue weighted by Gasteiger charge is -2.31. The summed E-state index contributed by atoms with van der Waals surface area (Å²) in [6.07, 6.45) is 0. The van der Waals surface area contributed by atoms with E-state index in [0.29, 0.717) is 6.04 Å². The Labute approximate surface area is 116 Å². The lowest BCUT2D eigenvalue weighted by atomic mass is 9.93. The molecule has 3 nitrogen and oxygen atoms in total. The first-order valence-electron chi connectivity index (χ1n) is 7.17. The minimum absolute atomic E-state index is 0.402. The van der Waals surface area contributed by atoms with Crippen LogP contribution in [0.15, 0.2) is 12.1 Å². The summed E-state index contributed by atoms with van der Waals surface area (Å²) in [4.78, 5) is 2.49. The molecule has 1 unspecified atom stereocenters. The maximum atomic E-state index is 5.42. The lowest BCUT2D eigenvalue weighted by molar-refractivity contribution is 0.0337. The predicted molar refractivity (Wildman–Crippen MR) is 79.7 cm³/mol. The number of likely N-dealkylation sites (N-methyl/N-ethyl adjacent to an activating group) is 1. The van der Waals surface area contributed by atoms with Crippen molar-refractivity contribution in [2.24, 2.45) is 0 Å². The zero-order valence-electron chi connectivity index (χ0n) is 12.6. The van der Waals surface area contributed by atoms with Gasteiger partial charge in [-0.3, -0.25) is 4.90 Å². The van der Waals surface area contributed by atoms with Gasteiger partial charge in [0.25, 0.3) is 0 Å². The van der Waals surface area contributed by atoms with Crippen LogP contribution in [0.1, 0.15) is 28.3 Å². The summed E-state index contributed by atoms with van der Waals surface area (Å²) in [7, 11) is 2.06. The van der Waals surface area contributed by atoms with Crippen molar-refractivity contribution >= 4 is 0 Å². The molecule has 0 amide bonds. The van der Waals surface area contributed by atoms with Gasteiger partial charge >= 0.3 is 0 Å². The van der Waals surface area contributed by atoms with Gasteiger partial charge in [0.2, 0.25) is 0 Å². The van der Waals surface area contributed by atoms with Crippen molar-refractivity contribution in [2.75, 3.05) is 39.9 Å². The molecule has 3 heteroatoms. The molecule has 1 heterocycles. The van der Waals surface area contributed by atoms with Crippen molar-refractivity contribution in [1.29, 1.82) is 0 Å². The molecule has 1 aromatic rings. The third-order valence-electron chi connectivity index (χ3n) is 3.98. The largest absolute Gasteiger partial charge is 0.379 e. The Morgan fingerprint density at radius 1 is 1.16 bits per heavy atom. The van der Waals surface area contributed by atoms with Gasteiger partial charge in [0, 0.05) is 25.7 Å². The average molecular weight is 262 g/mol. The van der Waals surface area contributed by atoms with Gasteiger partial charge in [-0.05, 0) is 44.5 Å². The number of morpholine rings is 1. The van der Waals surface area contributed by atoms with E-state index >= 15 is 0 Å². The van der Waals surface area contributed by atoms with Crippen molar-refractivity contribution in [3.63, 3.8) is 0 Å². The monoisotopic (exact) mass is 262 g/mol. The van der Waals surface area contributed by atoms with Gasteiger partial charge in [-0.15, -0.1) is 0 Å². The molecular formula is C16H26N2O. The van der Waals surface area contributed by atoms with Gasteiger partial charge in [0.05, 0.1) is 13.2 Å². The molecule has 1 N–H and O–H groups in total. The second-order valence-corrected chi connectivity index (χ2v) is 5.57. The fraction of sp³-hybridized carbons (Fsp3) is 0.625. The van der Waals surface area contributed by atoms with Crippen LogP contribution < -0.4 is 5.32 Å². The van der Waals surface area contributed by atoms with E-state index < -0.39 is 0 Å². The molecule has 1 saturated heterocycles. The first-order valence-corrected chi connectivity index (χ1v) is 7.17. The zero-order valence-corrected chi connectivity index (χ0v) is 12.6. The van der Waals surface area contributed by atoms with E-state index in [4.69, 9.17) is 4.74 Å². The predicted octanol–water partition coefficient (Wildman–Crippen LogP) is 2.20. The molecule has 1 atom stereocenters. The van der Waals surface area contributed by atoms with Gasteiger partial charge in [-0.25, -0.2) is 0 Å². The van der Waals surface area contributed by atoms with Crippen LogP contribution in [0.3, 0.4) is 0 Å².